The van der Waals surface area contributed by atoms with Crippen molar-refractivity contribution in [3.63, 3.8) is 0 Å². The van der Waals surface area contributed by atoms with Gasteiger partial charge in [-0.05, 0) is 94.0 Å². The van der Waals surface area contributed by atoms with E-state index in [-0.39, 0.29) is 5.75 Å². The van der Waals surface area contributed by atoms with Crippen LogP contribution in [0.3, 0.4) is 0 Å². The second kappa shape index (κ2) is 13.3. The van der Waals surface area contributed by atoms with Gasteiger partial charge in [0.25, 0.3) is 0 Å². The third kappa shape index (κ3) is 5.93. The minimum absolute atomic E-state index is 0.196. The van der Waals surface area contributed by atoms with Gasteiger partial charge in [0.05, 0.1) is 22.8 Å². The number of aromatic hydroxyl groups is 1. The van der Waals surface area contributed by atoms with Crippen LogP contribution in [-0.2, 0) is 0 Å². The van der Waals surface area contributed by atoms with Crippen molar-refractivity contribution in [1.29, 1.82) is 0 Å². The molecule has 0 spiro atoms. The highest BCUT2D eigenvalue weighted by atomic mass is 16.3. The number of imidazole rings is 1. The summed E-state index contributed by atoms with van der Waals surface area (Å²) in [5, 5.41) is 10.8. The lowest BCUT2D eigenvalue weighted by molar-refractivity contribution is 0.477. The van der Waals surface area contributed by atoms with Gasteiger partial charge in [-0.3, -0.25) is 4.40 Å². The van der Waals surface area contributed by atoms with Crippen molar-refractivity contribution in [2.75, 3.05) is 0 Å². The van der Waals surface area contributed by atoms with Gasteiger partial charge in [-0.25, -0.2) is 9.97 Å². The number of benzene rings is 6. The minimum Gasteiger partial charge on any atom is -0.507 e. The summed E-state index contributed by atoms with van der Waals surface area (Å²) in [6.45, 7) is 0. The summed E-state index contributed by atoms with van der Waals surface area (Å²) in [4.78, 5) is 10.4. The molecule has 0 unspecified atom stereocenters. The van der Waals surface area contributed by atoms with Gasteiger partial charge in [-0.15, -0.1) is 0 Å². The summed E-state index contributed by atoms with van der Waals surface area (Å²) in [6.07, 6.45) is 2.09. The molecule has 0 saturated heterocycles. The third-order valence-electron chi connectivity index (χ3n) is 9.49. The van der Waals surface area contributed by atoms with Crippen molar-refractivity contribution < 1.29 is 5.11 Å². The molecule has 0 aliphatic rings. The number of nitrogens with zero attached hydrogens (tertiary/aromatic N) is 3. The maximum Gasteiger partial charge on any atom is 0.137 e. The van der Waals surface area contributed by atoms with Crippen molar-refractivity contribution in [3.8, 4) is 84.2 Å². The predicted octanol–water partition coefficient (Wildman–Crippen LogP) is 12.1. The maximum absolute atomic E-state index is 10.8. The summed E-state index contributed by atoms with van der Waals surface area (Å²) in [7, 11) is 0. The molecule has 9 rings (SSSR count). The first-order valence-electron chi connectivity index (χ1n) is 17.4. The third-order valence-corrected chi connectivity index (χ3v) is 9.49. The number of phenolic OH excluding ortho intramolecular Hbond substituents is 1. The van der Waals surface area contributed by atoms with Crippen LogP contribution in [0.2, 0.25) is 0 Å². The first-order chi connectivity index (χ1) is 25.7. The van der Waals surface area contributed by atoms with E-state index >= 15 is 0 Å². The zero-order chi connectivity index (χ0) is 34.9. The molecule has 0 aliphatic heterocycles. The fraction of sp³-hybridized carbons (Fsp3) is 0. The van der Waals surface area contributed by atoms with Gasteiger partial charge in [0.15, 0.2) is 0 Å². The first-order valence-corrected chi connectivity index (χ1v) is 17.4. The van der Waals surface area contributed by atoms with Crippen LogP contribution in [0.15, 0.2) is 194 Å². The molecule has 1 N–H and O–H groups in total. The summed E-state index contributed by atoms with van der Waals surface area (Å²) in [5.74, 6) is 0.196. The van der Waals surface area contributed by atoms with Crippen LogP contribution in [0.5, 0.6) is 5.75 Å². The number of fused-ring (bicyclic) bond motifs is 1. The lowest BCUT2D eigenvalue weighted by Crippen LogP contribution is -1.93. The Kier molecular flexibility index (Phi) is 7.95. The summed E-state index contributed by atoms with van der Waals surface area (Å²) >= 11 is 0. The molecule has 52 heavy (non-hydrogen) atoms. The van der Waals surface area contributed by atoms with E-state index < -0.39 is 0 Å². The molecule has 246 valence electrons. The maximum atomic E-state index is 10.8. The van der Waals surface area contributed by atoms with Crippen LogP contribution in [0.1, 0.15) is 0 Å². The molecule has 4 heteroatoms. The summed E-state index contributed by atoms with van der Waals surface area (Å²) < 4.78 is 2.19. The Bertz CT molecular complexity index is 2620. The van der Waals surface area contributed by atoms with Crippen LogP contribution in [0, 0.1) is 0 Å². The van der Waals surface area contributed by atoms with Crippen LogP contribution in [0.25, 0.3) is 84.1 Å². The Balaban J connectivity index is 1.24. The van der Waals surface area contributed by atoms with Gasteiger partial charge in [0, 0.05) is 28.5 Å². The SMILES string of the molecule is Oc1ccccc1-c1cc(-c2ccccc2)cc(-c2cccc(-c3nc4ccccn4c3-c3cc(-c4ccccc4)cc(-c4ccccc4)c3)c2)n1. The highest BCUT2D eigenvalue weighted by Gasteiger charge is 2.19. The number of hydrogen-bond acceptors (Lipinski definition) is 3. The Labute approximate surface area is 302 Å². The normalized spacial score (nSPS) is 11.2. The predicted molar refractivity (Wildman–Crippen MR) is 213 cm³/mol. The number of rotatable bonds is 7. The van der Waals surface area contributed by atoms with E-state index in [1.165, 1.54) is 0 Å². The Hall–Kier alpha value is -7.04. The van der Waals surface area contributed by atoms with E-state index in [1.807, 2.05) is 48.5 Å². The van der Waals surface area contributed by atoms with Gasteiger partial charge in [0.1, 0.15) is 11.4 Å². The average Bonchev–Trinajstić information content (AvgIpc) is 3.62. The van der Waals surface area contributed by atoms with Crippen LogP contribution >= 0.6 is 0 Å². The van der Waals surface area contributed by atoms with Gasteiger partial charge in [-0.2, -0.15) is 0 Å². The average molecular weight is 668 g/mol. The molecule has 9 aromatic rings. The first kappa shape index (κ1) is 31.0. The Morgan fingerprint density at radius 3 is 1.52 bits per heavy atom. The second-order valence-electron chi connectivity index (χ2n) is 12.9. The molecule has 3 aromatic heterocycles. The van der Waals surface area contributed by atoms with Crippen molar-refractivity contribution in [1.82, 2.24) is 14.4 Å². The van der Waals surface area contributed by atoms with E-state index in [0.29, 0.717) is 11.3 Å². The molecule has 0 saturated carbocycles. The van der Waals surface area contributed by atoms with Crippen molar-refractivity contribution in [3.05, 3.63) is 194 Å². The van der Waals surface area contributed by atoms with E-state index in [4.69, 9.17) is 9.97 Å². The fourth-order valence-corrected chi connectivity index (χ4v) is 6.96. The van der Waals surface area contributed by atoms with E-state index in [9.17, 15) is 5.11 Å². The zero-order valence-electron chi connectivity index (χ0n) is 28.3. The number of para-hydroxylation sites is 1. The molecule has 3 heterocycles. The quantitative estimate of drug-likeness (QED) is 0.184. The van der Waals surface area contributed by atoms with Crippen LogP contribution in [-0.4, -0.2) is 19.5 Å². The number of phenols is 1. The van der Waals surface area contributed by atoms with Crippen molar-refractivity contribution in [2.24, 2.45) is 0 Å². The largest absolute Gasteiger partial charge is 0.507 e. The molecule has 0 amide bonds. The smallest absolute Gasteiger partial charge is 0.137 e. The lowest BCUT2D eigenvalue weighted by atomic mass is 9.93. The lowest BCUT2D eigenvalue weighted by Gasteiger charge is -2.14. The minimum atomic E-state index is 0.196. The highest BCUT2D eigenvalue weighted by molar-refractivity contribution is 5.89. The van der Waals surface area contributed by atoms with Crippen LogP contribution in [0.4, 0.5) is 0 Å². The molecule has 6 aromatic carbocycles. The molecule has 0 radical (unpaired) electrons. The highest BCUT2D eigenvalue weighted by Crippen LogP contribution is 2.40. The summed E-state index contributed by atoms with van der Waals surface area (Å²) in [6, 6.07) is 64.3. The van der Waals surface area contributed by atoms with Gasteiger partial charge in [-0.1, -0.05) is 127 Å². The number of pyridine rings is 2. The molecule has 0 fully saturated rings. The van der Waals surface area contributed by atoms with Gasteiger partial charge in [0.2, 0.25) is 0 Å². The number of hydrogen-bond donors (Lipinski definition) is 1. The fourth-order valence-electron chi connectivity index (χ4n) is 6.96. The van der Waals surface area contributed by atoms with E-state index in [1.54, 1.807) is 6.07 Å². The van der Waals surface area contributed by atoms with E-state index in [2.05, 4.69) is 144 Å². The number of aromatic nitrogens is 3. The van der Waals surface area contributed by atoms with Crippen molar-refractivity contribution >= 4 is 5.65 Å². The van der Waals surface area contributed by atoms with Crippen LogP contribution < -0.4 is 0 Å². The molecule has 0 atom stereocenters. The molecular weight excluding hydrogens is 635 g/mol. The van der Waals surface area contributed by atoms with Gasteiger partial charge >= 0.3 is 0 Å². The zero-order valence-corrected chi connectivity index (χ0v) is 28.3. The van der Waals surface area contributed by atoms with E-state index in [0.717, 1.165) is 72.8 Å². The molecule has 0 bridgehead atoms. The second-order valence-corrected chi connectivity index (χ2v) is 12.9. The molecular formula is C48H33N3O. The van der Waals surface area contributed by atoms with Gasteiger partial charge < -0.3 is 5.11 Å². The standard InChI is InChI=1S/C48H33N3O/c52-45-24-11-10-23-42(45)44-32-40(35-19-8-3-9-20-35)31-43(49-44)36-21-14-22-37(27-36)47-48(51-26-13-12-25-46(51)50-47)41-29-38(33-15-4-1-5-16-33)28-39(30-41)34-17-6-2-7-18-34/h1-32,52H. The molecule has 4 nitrogen and oxygen atoms in total. The Morgan fingerprint density at radius 1 is 0.365 bits per heavy atom. The summed E-state index contributed by atoms with van der Waals surface area (Å²) in [5.41, 5.74) is 14.7. The Morgan fingerprint density at radius 2 is 0.865 bits per heavy atom. The topological polar surface area (TPSA) is 50.4 Å². The molecule has 0 aliphatic carbocycles. The van der Waals surface area contributed by atoms with Crippen molar-refractivity contribution in [2.45, 2.75) is 0 Å². The monoisotopic (exact) mass is 667 g/mol.